The molecule has 4 nitrogen and oxygen atoms in total. The Hall–Kier alpha value is -2.04. The lowest BCUT2D eigenvalue weighted by Crippen LogP contribution is -2.36. The second-order valence-corrected chi connectivity index (χ2v) is 5.52. The molecule has 2 atom stereocenters. The van der Waals surface area contributed by atoms with Gasteiger partial charge in [0.2, 0.25) is 5.91 Å². The van der Waals surface area contributed by atoms with Crippen molar-refractivity contribution in [1.82, 2.24) is 5.32 Å². The normalized spacial score (nSPS) is 16.9. The Morgan fingerprint density at radius 2 is 1.96 bits per heavy atom. The molecule has 0 saturated heterocycles. The lowest BCUT2D eigenvalue weighted by molar-refractivity contribution is -0.123. The van der Waals surface area contributed by atoms with Crippen LogP contribution in [-0.4, -0.2) is 13.0 Å². The van der Waals surface area contributed by atoms with E-state index in [4.69, 9.17) is 10.5 Å². The highest BCUT2D eigenvalue weighted by Gasteiger charge is 2.28. The zero-order valence-electron chi connectivity index (χ0n) is 13.0. The van der Waals surface area contributed by atoms with Crippen LogP contribution in [0.5, 0.6) is 5.75 Å². The molecule has 0 fully saturated rings. The van der Waals surface area contributed by atoms with Crippen LogP contribution in [0.25, 0.3) is 0 Å². The van der Waals surface area contributed by atoms with Crippen molar-refractivity contribution in [3.8, 4) is 5.75 Å². The molecular weight excluding hydrogens is 312 g/mol. The maximum atomic E-state index is 12.4. The molecule has 1 amide bonds. The first-order valence-electron chi connectivity index (χ1n) is 7.47. The molecule has 3 N–H and O–H groups in total. The molecule has 5 heteroatoms. The Balaban J connectivity index is 0.00000192. The zero-order chi connectivity index (χ0) is 15.5. The number of rotatable bonds is 4. The number of ether oxygens (including phenoxy) is 1. The number of nitrogens with one attached hydrogen (secondary N) is 1. The van der Waals surface area contributed by atoms with E-state index >= 15 is 0 Å². The molecule has 0 saturated carbocycles. The number of carbonyl (C=O) groups excluding carboxylic acids is 1. The molecule has 0 aliphatic heterocycles. The first-order valence-corrected chi connectivity index (χ1v) is 7.47. The SMILES string of the molecule is COc1cccc2c1CCC2NC(=O)C(N)c1ccccc1.Cl. The minimum absolute atomic E-state index is 0. The molecule has 2 unspecified atom stereocenters. The van der Waals surface area contributed by atoms with E-state index in [1.165, 1.54) is 5.56 Å². The van der Waals surface area contributed by atoms with Crippen LogP contribution >= 0.6 is 12.4 Å². The summed E-state index contributed by atoms with van der Waals surface area (Å²) in [7, 11) is 1.67. The van der Waals surface area contributed by atoms with Crippen molar-refractivity contribution in [3.05, 3.63) is 65.2 Å². The molecule has 23 heavy (non-hydrogen) atoms. The fourth-order valence-electron chi connectivity index (χ4n) is 3.04. The maximum absolute atomic E-state index is 12.4. The summed E-state index contributed by atoms with van der Waals surface area (Å²) in [6, 6.07) is 14.8. The summed E-state index contributed by atoms with van der Waals surface area (Å²) in [6.45, 7) is 0. The molecule has 0 radical (unpaired) electrons. The highest BCUT2D eigenvalue weighted by molar-refractivity contribution is 5.85. The lowest BCUT2D eigenvalue weighted by atomic mass is 10.0. The van der Waals surface area contributed by atoms with Crippen LogP contribution in [0.15, 0.2) is 48.5 Å². The number of fused-ring (bicyclic) bond motifs is 1. The molecule has 0 bridgehead atoms. The number of nitrogens with two attached hydrogens (primary N) is 1. The molecule has 2 aromatic carbocycles. The van der Waals surface area contributed by atoms with Gasteiger partial charge in [0.25, 0.3) is 0 Å². The smallest absolute Gasteiger partial charge is 0.241 e. The fourth-order valence-corrected chi connectivity index (χ4v) is 3.04. The molecule has 1 aliphatic rings. The monoisotopic (exact) mass is 332 g/mol. The van der Waals surface area contributed by atoms with E-state index < -0.39 is 6.04 Å². The minimum Gasteiger partial charge on any atom is -0.496 e. The predicted octanol–water partition coefficient (Wildman–Crippen LogP) is 2.92. The number of hydrogen-bond acceptors (Lipinski definition) is 3. The standard InChI is InChI=1S/C18H20N2O2.ClH/c1-22-16-9-5-8-13-14(16)10-11-15(13)20-18(21)17(19)12-6-3-2-4-7-12;/h2-9,15,17H,10-11,19H2,1H3,(H,20,21);1H. The molecule has 1 aliphatic carbocycles. The van der Waals surface area contributed by atoms with Crippen molar-refractivity contribution in [2.45, 2.75) is 24.9 Å². The van der Waals surface area contributed by atoms with Gasteiger partial charge in [0.05, 0.1) is 13.2 Å². The van der Waals surface area contributed by atoms with Crippen LogP contribution in [-0.2, 0) is 11.2 Å². The van der Waals surface area contributed by atoms with Crippen molar-refractivity contribution < 1.29 is 9.53 Å². The average molecular weight is 333 g/mol. The predicted molar refractivity (Wildman–Crippen MR) is 92.8 cm³/mol. The lowest BCUT2D eigenvalue weighted by Gasteiger charge is -2.18. The van der Waals surface area contributed by atoms with Crippen molar-refractivity contribution >= 4 is 18.3 Å². The Labute approximate surface area is 142 Å². The number of benzene rings is 2. The van der Waals surface area contributed by atoms with Gasteiger partial charge in [-0.25, -0.2) is 0 Å². The molecule has 3 rings (SSSR count). The summed E-state index contributed by atoms with van der Waals surface area (Å²) < 4.78 is 5.39. The summed E-state index contributed by atoms with van der Waals surface area (Å²) in [6.07, 6.45) is 1.79. The highest BCUT2D eigenvalue weighted by atomic mass is 35.5. The van der Waals surface area contributed by atoms with Crippen LogP contribution in [0.4, 0.5) is 0 Å². The zero-order valence-corrected chi connectivity index (χ0v) is 13.8. The van der Waals surface area contributed by atoms with Gasteiger partial charge in [0, 0.05) is 0 Å². The van der Waals surface area contributed by atoms with Crippen molar-refractivity contribution in [1.29, 1.82) is 0 Å². The number of carbonyl (C=O) groups is 1. The van der Waals surface area contributed by atoms with E-state index in [1.807, 2.05) is 48.5 Å². The van der Waals surface area contributed by atoms with Gasteiger partial charge in [0.1, 0.15) is 11.8 Å². The summed E-state index contributed by atoms with van der Waals surface area (Å²) in [5.41, 5.74) is 9.20. The van der Waals surface area contributed by atoms with Crippen molar-refractivity contribution in [3.63, 3.8) is 0 Å². The summed E-state index contributed by atoms with van der Waals surface area (Å²) >= 11 is 0. The second-order valence-electron chi connectivity index (χ2n) is 5.52. The summed E-state index contributed by atoms with van der Waals surface area (Å²) in [5.74, 6) is 0.744. The fraction of sp³-hybridized carbons (Fsp3) is 0.278. The Morgan fingerprint density at radius 3 is 2.65 bits per heavy atom. The summed E-state index contributed by atoms with van der Waals surface area (Å²) in [4.78, 5) is 12.4. The van der Waals surface area contributed by atoms with E-state index in [-0.39, 0.29) is 24.4 Å². The van der Waals surface area contributed by atoms with Gasteiger partial charge in [-0.15, -0.1) is 12.4 Å². The van der Waals surface area contributed by atoms with E-state index in [1.54, 1.807) is 7.11 Å². The quantitative estimate of drug-likeness (QED) is 0.904. The van der Waals surface area contributed by atoms with Crippen LogP contribution in [0.3, 0.4) is 0 Å². The van der Waals surface area contributed by atoms with E-state index in [0.717, 1.165) is 29.7 Å². The van der Waals surface area contributed by atoms with Crippen molar-refractivity contribution in [2.75, 3.05) is 7.11 Å². The van der Waals surface area contributed by atoms with Crippen LogP contribution in [0.1, 0.15) is 35.2 Å². The number of amides is 1. The van der Waals surface area contributed by atoms with Crippen LogP contribution in [0, 0.1) is 0 Å². The van der Waals surface area contributed by atoms with E-state index in [2.05, 4.69) is 5.32 Å². The first-order chi connectivity index (χ1) is 10.7. The Morgan fingerprint density at radius 1 is 1.22 bits per heavy atom. The minimum atomic E-state index is -0.643. The number of halogens is 1. The third-order valence-electron chi connectivity index (χ3n) is 4.21. The summed E-state index contributed by atoms with van der Waals surface area (Å²) in [5, 5.41) is 3.07. The number of methoxy groups -OCH3 is 1. The van der Waals surface area contributed by atoms with Crippen molar-refractivity contribution in [2.24, 2.45) is 5.73 Å². The van der Waals surface area contributed by atoms with Crippen LogP contribution < -0.4 is 15.8 Å². The molecule has 0 aromatic heterocycles. The molecular formula is C18H21ClN2O2. The second kappa shape index (κ2) is 7.49. The van der Waals surface area contributed by atoms with Gasteiger partial charge in [-0.3, -0.25) is 4.79 Å². The maximum Gasteiger partial charge on any atom is 0.241 e. The van der Waals surface area contributed by atoms with Gasteiger partial charge in [-0.2, -0.15) is 0 Å². The van der Waals surface area contributed by atoms with E-state index in [0.29, 0.717) is 0 Å². The van der Waals surface area contributed by atoms with Gasteiger partial charge in [0.15, 0.2) is 0 Å². The van der Waals surface area contributed by atoms with E-state index in [9.17, 15) is 4.79 Å². The van der Waals surface area contributed by atoms with Gasteiger partial charge in [-0.1, -0.05) is 42.5 Å². The van der Waals surface area contributed by atoms with Gasteiger partial charge in [-0.05, 0) is 35.6 Å². The van der Waals surface area contributed by atoms with Gasteiger partial charge < -0.3 is 15.8 Å². The molecule has 122 valence electrons. The number of hydrogen-bond donors (Lipinski definition) is 2. The largest absolute Gasteiger partial charge is 0.496 e. The van der Waals surface area contributed by atoms with Crippen LogP contribution in [0.2, 0.25) is 0 Å². The first kappa shape index (κ1) is 17.3. The molecule has 2 aromatic rings. The molecule has 0 heterocycles. The van der Waals surface area contributed by atoms with Gasteiger partial charge >= 0.3 is 0 Å². The topological polar surface area (TPSA) is 64.3 Å². The highest BCUT2D eigenvalue weighted by Crippen LogP contribution is 2.36. The third kappa shape index (κ3) is 3.49. The Kier molecular flexibility index (Phi) is 5.64. The molecule has 0 spiro atoms. The average Bonchev–Trinajstić information content (AvgIpc) is 2.98. The third-order valence-corrected chi connectivity index (χ3v) is 4.21. The Bertz CT molecular complexity index is 676.